The van der Waals surface area contributed by atoms with Gasteiger partial charge in [0.1, 0.15) is 0 Å². The van der Waals surface area contributed by atoms with E-state index in [9.17, 15) is 0 Å². The molecule has 0 saturated heterocycles. The molecule has 0 bridgehead atoms. The average molecular weight is 523 g/mol. The molecule has 25 heavy (non-hydrogen) atoms. The Labute approximate surface area is 155 Å². The Bertz CT molecular complexity index is 1040. The van der Waals surface area contributed by atoms with E-state index in [2.05, 4.69) is 63.3 Å². The van der Waals surface area contributed by atoms with E-state index in [1.807, 2.05) is 30.3 Å². The molecule has 1 aromatic heterocycles. The van der Waals surface area contributed by atoms with Crippen LogP contribution in [0.5, 0.6) is 11.5 Å². The number of benzene rings is 3. The summed E-state index contributed by atoms with van der Waals surface area (Å²) in [5, 5.41) is 1.19. The molecule has 4 aromatic rings. The number of nitrogens with zero attached hydrogens (tertiary/aromatic N) is 1. The Morgan fingerprint density at radius 2 is 1.48 bits per heavy atom. The zero-order valence-corrected chi connectivity index (χ0v) is 16.2. The second-order valence-electron chi connectivity index (χ2n) is 5.76. The Hall–Kier alpha value is -2.45. The summed E-state index contributed by atoms with van der Waals surface area (Å²) in [5.41, 5.74) is 3.54. The van der Waals surface area contributed by atoms with Gasteiger partial charge in [0.05, 0.1) is 0 Å². The molecule has 0 N–H and O–H groups in total. The van der Waals surface area contributed by atoms with Crippen molar-refractivity contribution in [2.75, 3.05) is 0 Å². The van der Waals surface area contributed by atoms with Gasteiger partial charge in [0.15, 0.2) is 0 Å². The van der Waals surface area contributed by atoms with Crippen LogP contribution in [0.25, 0.3) is 22.0 Å². The first-order valence-corrected chi connectivity index (χ1v) is 11.8. The molecule has 3 aromatic carbocycles. The van der Waals surface area contributed by atoms with Gasteiger partial charge in [-0.25, -0.2) is 0 Å². The van der Waals surface area contributed by atoms with E-state index in [0.29, 0.717) is 0 Å². The van der Waals surface area contributed by atoms with Crippen molar-refractivity contribution in [3.63, 3.8) is 0 Å². The van der Waals surface area contributed by atoms with Crippen molar-refractivity contribution in [2.45, 2.75) is 0 Å². The quantitative estimate of drug-likeness (QED) is 0.396. The Morgan fingerprint density at radius 3 is 2.32 bits per heavy atom. The fourth-order valence-electron chi connectivity index (χ4n) is 2.94. The van der Waals surface area contributed by atoms with E-state index in [-0.39, 0.29) is 0 Å². The van der Waals surface area contributed by atoms with Crippen molar-refractivity contribution in [3.8, 4) is 22.6 Å². The molecule has 122 valence electrons. The summed E-state index contributed by atoms with van der Waals surface area (Å²) in [6.45, 7) is 0. The van der Waals surface area contributed by atoms with Crippen LogP contribution in [0.4, 0.5) is 0 Å². The number of aromatic nitrogens is 1. The van der Waals surface area contributed by atoms with Crippen molar-refractivity contribution in [1.82, 2.24) is 0 Å². The summed E-state index contributed by atoms with van der Waals surface area (Å²) in [5.74, 6) is 1.80. The molecule has 0 amide bonds. The summed E-state index contributed by atoms with van der Waals surface area (Å²) >= 11 is -2.57. The van der Waals surface area contributed by atoms with Gasteiger partial charge in [-0.15, -0.1) is 0 Å². The molecule has 1 aliphatic heterocycles. The topological polar surface area (TPSA) is 22.3 Å². The van der Waals surface area contributed by atoms with Crippen LogP contribution in [-0.2, 0) is 0 Å². The van der Waals surface area contributed by atoms with Crippen molar-refractivity contribution < 1.29 is 31.1 Å². The van der Waals surface area contributed by atoms with Gasteiger partial charge in [-0.3, -0.25) is 0 Å². The zero-order chi connectivity index (χ0) is 16.6. The van der Waals surface area contributed by atoms with Crippen LogP contribution >= 0.6 is 0 Å². The Balaban J connectivity index is 1.43. The first-order chi connectivity index (χ1) is 12.4. The van der Waals surface area contributed by atoms with Gasteiger partial charge in [0.25, 0.3) is 0 Å². The van der Waals surface area contributed by atoms with Crippen LogP contribution in [0.15, 0.2) is 91.1 Å². The van der Waals surface area contributed by atoms with Gasteiger partial charge >= 0.3 is 156 Å². The second-order valence-corrected chi connectivity index (χ2v) is 9.94. The molecule has 2 heterocycles. The molecule has 4 heteroatoms. The monoisotopic (exact) mass is 523 g/mol. The molecule has 0 aliphatic carbocycles. The predicted molar refractivity (Wildman–Crippen MR) is 92.7 cm³/mol. The fraction of sp³-hybridized carbons (Fsp3) is 0. The first kappa shape index (κ1) is 14.9. The summed E-state index contributed by atoms with van der Waals surface area (Å²) in [4.78, 5) is 0. The van der Waals surface area contributed by atoms with Crippen LogP contribution in [0.2, 0.25) is 0 Å². The van der Waals surface area contributed by atoms with Gasteiger partial charge in [0.2, 0.25) is 0 Å². The molecule has 0 unspecified atom stereocenters. The maximum absolute atomic E-state index is 6.26. The van der Waals surface area contributed by atoms with Crippen LogP contribution in [0.3, 0.4) is 0 Å². The fourth-order valence-corrected chi connectivity index (χ4v) is 7.52. The third-order valence-corrected chi connectivity index (χ3v) is 8.77. The number of hydrogen-bond acceptors (Lipinski definition) is 2. The molecular formula is C21H15AtNO2+. The van der Waals surface area contributed by atoms with Crippen LogP contribution in [-0.4, -0.2) is 0 Å². The molecule has 0 spiro atoms. The van der Waals surface area contributed by atoms with E-state index >= 15 is 0 Å². The van der Waals surface area contributed by atoms with E-state index < -0.39 is 22.9 Å². The predicted octanol–water partition coefficient (Wildman–Crippen LogP) is 4.48. The number of rotatable bonds is 3. The molecule has 1 aliphatic rings. The van der Waals surface area contributed by atoms with Gasteiger partial charge in [-0.2, -0.15) is 0 Å². The van der Waals surface area contributed by atoms with Gasteiger partial charge in [-0.05, 0) is 0 Å². The van der Waals surface area contributed by atoms with E-state index in [0.717, 1.165) is 17.0 Å². The van der Waals surface area contributed by atoms with E-state index in [1.165, 1.54) is 16.5 Å². The summed E-state index contributed by atoms with van der Waals surface area (Å²) in [6, 6.07) is 28.9. The summed E-state index contributed by atoms with van der Waals surface area (Å²) in [6.07, 6.45) is 2.07. The molecular weight excluding hydrogens is 508 g/mol. The molecule has 3 nitrogen and oxygen atoms in total. The minimum atomic E-state index is -2.57. The average Bonchev–Trinajstić information content (AvgIpc) is 3.03. The number of pyridine rings is 1. The second kappa shape index (κ2) is 6.13. The maximum atomic E-state index is 6.26. The number of hydrogen-bond donors (Lipinski definition) is 0. The summed E-state index contributed by atoms with van der Waals surface area (Å²) in [7, 11) is 0. The van der Waals surface area contributed by atoms with Crippen LogP contribution in [0, 0.1) is 22.9 Å². The standard InChI is InChI=1S/C21H15AtNO2/c1-2-6-16(7-3-1)17-11-13-19(14-12-17)24-22-23-15-5-9-18-8-4-10-20(25-22)21(18)23/h1-15H/q+1. The third-order valence-electron chi connectivity index (χ3n) is 4.15. The zero-order valence-electron chi connectivity index (χ0n) is 13.3. The van der Waals surface area contributed by atoms with E-state index in [4.69, 9.17) is 5.63 Å². The van der Waals surface area contributed by atoms with Crippen molar-refractivity contribution >= 4 is 10.9 Å². The van der Waals surface area contributed by atoms with Crippen LogP contribution in [0.1, 0.15) is 0 Å². The van der Waals surface area contributed by atoms with Crippen LogP contribution < -0.4 is 8.14 Å². The Morgan fingerprint density at radius 1 is 0.720 bits per heavy atom. The molecule has 5 rings (SSSR count). The van der Waals surface area contributed by atoms with E-state index in [1.54, 1.807) is 0 Å². The molecule has 0 saturated carbocycles. The molecule has 0 atom stereocenters. The van der Waals surface area contributed by atoms with Gasteiger partial charge in [-0.1, -0.05) is 0 Å². The minimum absolute atomic E-state index is 0.862. The Kier molecular flexibility index (Phi) is 3.64. The number of para-hydroxylation sites is 1. The normalized spacial score (nSPS) is 13.7. The van der Waals surface area contributed by atoms with Crippen molar-refractivity contribution in [3.05, 3.63) is 91.1 Å². The third kappa shape index (κ3) is 2.67. The van der Waals surface area contributed by atoms with Gasteiger partial charge in [0, 0.05) is 0 Å². The van der Waals surface area contributed by atoms with Crippen molar-refractivity contribution in [1.29, 1.82) is 0 Å². The molecule has 0 fully saturated rings. The summed E-state index contributed by atoms with van der Waals surface area (Å²) < 4.78 is 14.6. The van der Waals surface area contributed by atoms with Crippen molar-refractivity contribution in [2.24, 2.45) is 0 Å². The van der Waals surface area contributed by atoms with Gasteiger partial charge < -0.3 is 0 Å². The molecule has 0 radical (unpaired) electrons. The SMILES string of the molecule is c1ccc(-c2ccc(O[At]3Oc4cccc5ccc[n+]3c45)cc2)cc1. The first-order valence-electron chi connectivity index (χ1n) is 8.05.